The molecular formula is C18H8BrCl4N3. The molecule has 0 aliphatic rings. The highest BCUT2D eigenvalue weighted by Crippen LogP contribution is 2.38. The molecule has 0 amide bonds. The van der Waals surface area contributed by atoms with E-state index in [4.69, 9.17) is 46.4 Å². The Morgan fingerprint density at radius 1 is 0.885 bits per heavy atom. The molecule has 2 heterocycles. The third-order valence-electron chi connectivity index (χ3n) is 3.90. The lowest BCUT2D eigenvalue weighted by molar-refractivity contribution is 1.08. The Balaban J connectivity index is 2.07. The van der Waals surface area contributed by atoms with Gasteiger partial charge in [-0.15, -0.1) is 0 Å². The maximum absolute atomic E-state index is 6.40. The number of hydrogen-bond acceptors (Lipinski definition) is 2. The molecule has 0 fully saturated rings. The fourth-order valence-electron chi connectivity index (χ4n) is 2.77. The average Bonchev–Trinajstić information content (AvgIpc) is 2.95. The third kappa shape index (κ3) is 3.21. The van der Waals surface area contributed by atoms with E-state index in [1.54, 1.807) is 12.1 Å². The predicted octanol–water partition coefficient (Wildman–Crippen LogP) is 7.46. The van der Waals surface area contributed by atoms with E-state index in [2.05, 4.69) is 25.9 Å². The second-order valence-electron chi connectivity index (χ2n) is 5.50. The van der Waals surface area contributed by atoms with E-state index < -0.39 is 0 Å². The molecule has 0 atom stereocenters. The van der Waals surface area contributed by atoms with Gasteiger partial charge in [0.25, 0.3) is 0 Å². The van der Waals surface area contributed by atoms with Gasteiger partial charge in [0.1, 0.15) is 5.15 Å². The first-order chi connectivity index (χ1) is 12.4. The number of hydrogen-bond donors (Lipinski definition) is 0. The molecule has 4 aromatic rings. The van der Waals surface area contributed by atoms with Crippen LogP contribution in [-0.2, 0) is 0 Å². The molecule has 0 radical (unpaired) electrons. The molecule has 130 valence electrons. The molecule has 0 bridgehead atoms. The van der Waals surface area contributed by atoms with Crippen molar-refractivity contribution >= 4 is 73.4 Å². The van der Waals surface area contributed by atoms with Gasteiger partial charge in [0, 0.05) is 21.3 Å². The minimum atomic E-state index is 0.0642. The van der Waals surface area contributed by atoms with Crippen LogP contribution in [0.4, 0.5) is 0 Å². The number of fused-ring (bicyclic) bond motifs is 1. The topological polar surface area (TPSA) is 30.7 Å². The number of aromatic nitrogens is 3. The summed E-state index contributed by atoms with van der Waals surface area (Å²) in [4.78, 5) is 8.46. The van der Waals surface area contributed by atoms with Crippen molar-refractivity contribution in [1.82, 2.24) is 14.5 Å². The normalized spacial score (nSPS) is 11.3. The largest absolute Gasteiger partial charge is 0.299 e. The van der Waals surface area contributed by atoms with Crippen LogP contribution in [0.1, 0.15) is 0 Å². The predicted molar refractivity (Wildman–Crippen MR) is 112 cm³/mol. The summed E-state index contributed by atoms with van der Waals surface area (Å²) >= 11 is 28.3. The lowest BCUT2D eigenvalue weighted by atomic mass is 10.1. The number of halogens is 5. The minimum Gasteiger partial charge on any atom is -0.299 e. The van der Waals surface area contributed by atoms with Crippen LogP contribution in [0.5, 0.6) is 0 Å². The molecule has 0 saturated heterocycles. The van der Waals surface area contributed by atoms with E-state index in [0.717, 1.165) is 21.3 Å². The minimum absolute atomic E-state index is 0.0642. The number of rotatable bonds is 2. The molecular weight excluding hydrogens is 480 g/mol. The van der Waals surface area contributed by atoms with Gasteiger partial charge in [-0.25, -0.2) is 4.98 Å². The zero-order valence-electron chi connectivity index (χ0n) is 12.9. The Bertz CT molecular complexity index is 1140. The van der Waals surface area contributed by atoms with Crippen LogP contribution in [0.2, 0.25) is 20.5 Å². The van der Waals surface area contributed by atoms with Gasteiger partial charge >= 0.3 is 0 Å². The molecule has 2 aromatic heterocycles. The van der Waals surface area contributed by atoms with Crippen molar-refractivity contribution in [1.29, 1.82) is 0 Å². The molecule has 0 aliphatic carbocycles. The standard InChI is InChI=1S/C18H8BrCl4N3/c19-10-3-1-9(2-4-10)12-8-26(14-6-5-11(20)7-13(14)21)17-15(12)16(22)24-18(23)25-17/h1-8H. The van der Waals surface area contributed by atoms with Gasteiger partial charge in [-0.2, -0.15) is 4.98 Å². The van der Waals surface area contributed by atoms with Gasteiger partial charge in [0.15, 0.2) is 5.65 Å². The second-order valence-corrected chi connectivity index (χ2v) is 7.95. The molecule has 3 nitrogen and oxygen atoms in total. The van der Waals surface area contributed by atoms with Crippen molar-refractivity contribution in [3.8, 4) is 16.8 Å². The molecule has 0 spiro atoms. The molecule has 0 saturated carbocycles. The van der Waals surface area contributed by atoms with E-state index in [1.165, 1.54) is 0 Å². The molecule has 2 aromatic carbocycles. The van der Waals surface area contributed by atoms with Crippen LogP contribution < -0.4 is 0 Å². The van der Waals surface area contributed by atoms with Gasteiger partial charge in [-0.1, -0.05) is 62.9 Å². The van der Waals surface area contributed by atoms with E-state index >= 15 is 0 Å². The maximum Gasteiger partial charge on any atom is 0.225 e. The van der Waals surface area contributed by atoms with Crippen LogP contribution >= 0.6 is 62.3 Å². The van der Waals surface area contributed by atoms with Crippen molar-refractivity contribution in [3.05, 3.63) is 73.6 Å². The first-order valence-electron chi connectivity index (χ1n) is 7.39. The molecule has 0 aliphatic heterocycles. The summed E-state index contributed by atoms with van der Waals surface area (Å²) in [6.45, 7) is 0. The van der Waals surface area contributed by atoms with Crippen molar-refractivity contribution in [2.24, 2.45) is 0 Å². The SMILES string of the molecule is Clc1ccc(-n2cc(-c3ccc(Br)cc3)c3c(Cl)nc(Cl)nc32)c(Cl)c1. The van der Waals surface area contributed by atoms with Crippen LogP contribution in [-0.4, -0.2) is 14.5 Å². The number of nitrogens with zero attached hydrogens (tertiary/aromatic N) is 3. The number of benzene rings is 2. The smallest absolute Gasteiger partial charge is 0.225 e. The Morgan fingerprint density at radius 2 is 1.62 bits per heavy atom. The van der Waals surface area contributed by atoms with Gasteiger partial charge in [0.05, 0.1) is 16.1 Å². The fraction of sp³-hybridized carbons (Fsp3) is 0. The van der Waals surface area contributed by atoms with Gasteiger partial charge in [-0.3, -0.25) is 4.57 Å². The van der Waals surface area contributed by atoms with Crippen molar-refractivity contribution in [3.63, 3.8) is 0 Å². The highest BCUT2D eigenvalue weighted by molar-refractivity contribution is 9.10. The monoisotopic (exact) mass is 485 g/mol. The van der Waals surface area contributed by atoms with Crippen LogP contribution in [0, 0.1) is 0 Å². The zero-order valence-corrected chi connectivity index (χ0v) is 17.5. The maximum atomic E-state index is 6.40. The summed E-state index contributed by atoms with van der Waals surface area (Å²) in [5, 5.41) is 2.08. The van der Waals surface area contributed by atoms with Crippen LogP contribution in [0.15, 0.2) is 53.1 Å². The summed E-state index contributed by atoms with van der Waals surface area (Å²) in [6.07, 6.45) is 1.92. The molecule has 0 unspecified atom stereocenters. The summed E-state index contributed by atoms with van der Waals surface area (Å²) in [6, 6.07) is 13.1. The molecule has 4 rings (SSSR count). The van der Waals surface area contributed by atoms with Crippen molar-refractivity contribution in [2.75, 3.05) is 0 Å². The van der Waals surface area contributed by atoms with E-state index in [-0.39, 0.29) is 10.4 Å². The first kappa shape index (κ1) is 18.1. The lowest BCUT2D eigenvalue weighted by Gasteiger charge is -2.07. The Labute approximate surface area is 177 Å². The summed E-state index contributed by atoms with van der Waals surface area (Å²) < 4.78 is 2.82. The third-order valence-corrected chi connectivity index (χ3v) is 5.41. The Morgan fingerprint density at radius 3 is 2.31 bits per heavy atom. The summed E-state index contributed by atoms with van der Waals surface area (Å²) in [7, 11) is 0. The summed E-state index contributed by atoms with van der Waals surface area (Å²) in [5.74, 6) is 0. The van der Waals surface area contributed by atoms with Gasteiger partial charge in [0.2, 0.25) is 5.28 Å². The Kier molecular flexibility index (Phi) is 4.88. The van der Waals surface area contributed by atoms with E-state index in [0.29, 0.717) is 21.1 Å². The first-order valence-corrected chi connectivity index (χ1v) is 9.70. The van der Waals surface area contributed by atoms with E-state index in [9.17, 15) is 0 Å². The molecule has 26 heavy (non-hydrogen) atoms. The zero-order chi connectivity index (χ0) is 18.4. The average molecular weight is 488 g/mol. The highest BCUT2D eigenvalue weighted by Gasteiger charge is 2.19. The van der Waals surface area contributed by atoms with Crippen LogP contribution in [0.25, 0.3) is 27.8 Å². The van der Waals surface area contributed by atoms with Gasteiger partial charge < -0.3 is 0 Å². The van der Waals surface area contributed by atoms with Crippen molar-refractivity contribution in [2.45, 2.75) is 0 Å². The molecule has 0 N–H and O–H groups in total. The fourth-order valence-corrected chi connectivity index (χ4v) is 4.00. The second kappa shape index (κ2) is 7.02. The van der Waals surface area contributed by atoms with Crippen LogP contribution in [0.3, 0.4) is 0 Å². The Hall–Kier alpha value is -1.30. The lowest BCUT2D eigenvalue weighted by Crippen LogP contribution is -1.96. The van der Waals surface area contributed by atoms with Gasteiger partial charge in [-0.05, 0) is 47.5 Å². The van der Waals surface area contributed by atoms with E-state index in [1.807, 2.05) is 41.1 Å². The van der Waals surface area contributed by atoms with Crippen molar-refractivity contribution < 1.29 is 0 Å². The quantitative estimate of drug-likeness (QED) is 0.217. The summed E-state index contributed by atoms with van der Waals surface area (Å²) in [5.41, 5.74) is 3.13. The highest BCUT2D eigenvalue weighted by atomic mass is 79.9. The molecule has 8 heteroatoms.